The molecule has 0 aromatic carbocycles. The van der Waals surface area contributed by atoms with Gasteiger partial charge in [-0.2, -0.15) is 12.7 Å². The summed E-state index contributed by atoms with van der Waals surface area (Å²) >= 11 is 0. The Morgan fingerprint density at radius 2 is 2.07 bits per heavy atom. The van der Waals surface area contributed by atoms with Crippen molar-refractivity contribution in [3.63, 3.8) is 0 Å². The van der Waals surface area contributed by atoms with Crippen LogP contribution in [0.25, 0.3) is 0 Å². The average Bonchev–Trinajstić information content (AvgIpc) is 1.99. The van der Waals surface area contributed by atoms with Crippen LogP contribution in [0.5, 0.6) is 0 Å². The molecule has 1 saturated heterocycles. The second kappa shape index (κ2) is 3.37. The number of hydrogen-bond acceptors (Lipinski definition) is 5. The van der Waals surface area contributed by atoms with E-state index in [1.54, 1.807) is 11.6 Å². The van der Waals surface area contributed by atoms with Crippen LogP contribution in [0.4, 0.5) is 4.79 Å². The molecule has 1 aliphatic rings. The van der Waals surface area contributed by atoms with Crippen LogP contribution in [0.2, 0.25) is 0 Å². The fourth-order valence-corrected chi connectivity index (χ4v) is 2.49. The summed E-state index contributed by atoms with van der Waals surface area (Å²) in [7, 11) is -2.69. The van der Waals surface area contributed by atoms with E-state index in [1.165, 1.54) is 0 Å². The minimum absolute atomic E-state index is 0.194. The lowest BCUT2D eigenvalue weighted by Crippen LogP contribution is -2.68. The molecule has 0 unspecified atom stereocenters. The minimum Gasteiger partial charge on any atom is -0.452 e. The smallest absolute Gasteiger partial charge is 0.421 e. The molecule has 0 bridgehead atoms. The molecule has 0 atom stereocenters. The summed E-state index contributed by atoms with van der Waals surface area (Å²) in [6, 6.07) is 0. The molecule has 1 fully saturated rings. The Balaban J connectivity index is 2.57. The topological polar surface area (TPSA) is 102 Å². The van der Waals surface area contributed by atoms with Crippen LogP contribution in [0.15, 0.2) is 0 Å². The molecule has 1 heterocycles. The molecule has 0 aliphatic carbocycles. The van der Waals surface area contributed by atoms with E-state index < -0.39 is 21.8 Å². The van der Waals surface area contributed by atoms with Gasteiger partial charge < -0.3 is 10.5 Å². The Kier molecular flexibility index (Phi) is 2.70. The number of ether oxygens (including phenoxy) is 1. The van der Waals surface area contributed by atoms with Gasteiger partial charge in [0, 0.05) is 18.6 Å². The van der Waals surface area contributed by atoms with Gasteiger partial charge >= 0.3 is 16.3 Å². The van der Waals surface area contributed by atoms with E-state index in [9.17, 15) is 13.2 Å². The molecule has 0 spiro atoms. The molecule has 14 heavy (non-hydrogen) atoms. The highest BCUT2D eigenvalue weighted by Gasteiger charge is 2.42. The zero-order chi connectivity index (χ0) is 11.0. The fraction of sp³-hybridized carbons (Fsp3) is 0.833. The zero-order valence-electron chi connectivity index (χ0n) is 7.98. The fourth-order valence-electron chi connectivity index (χ4n) is 1.14. The van der Waals surface area contributed by atoms with Crippen molar-refractivity contribution in [2.75, 3.05) is 20.2 Å². The van der Waals surface area contributed by atoms with Gasteiger partial charge in [-0.1, -0.05) is 0 Å². The highest BCUT2D eigenvalue weighted by atomic mass is 32.2. The molecule has 3 N–H and O–H groups in total. The second-order valence-electron chi connectivity index (χ2n) is 3.52. The summed E-state index contributed by atoms with van der Waals surface area (Å²) in [5, 5.41) is 0. The first-order valence-electron chi connectivity index (χ1n) is 3.91. The van der Waals surface area contributed by atoms with E-state index in [0.29, 0.717) is 0 Å². The summed E-state index contributed by atoms with van der Waals surface area (Å²) in [5.41, 5.74) is 5.11. The van der Waals surface area contributed by atoms with Crippen molar-refractivity contribution in [2.24, 2.45) is 5.73 Å². The van der Waals surface area contributed by atoms with Crippen LogP contribution in [-0.2, 0) is 14.9 Å². The predicted molar refractivity (Wildman–Crippen MR) is 48.6 cm³/mol. The van der Waals surface area contributed by atoms with Crippen LogP contribution in [-0.4, -0.2) is 44.6 Å². The van der Waals surface area contributed by atoms with Crippen molar-refractivity contribution in [1.82, 2.24) is 9.03 Å². The molecule has 82 valence electrons. The molecule has 0 radical (unpaired) electrons. The third kappa shape index (κ3) is 2.34. The average molecular weight is 223 g/mol. The standard InChI is InChI=1S/C6H13N3O4S/c1-6(7)3-9(4-6)14(11,12)8-5(10)13-2/h3-4,7H2,1-2H3,(H,8,10). The Morgan fingerprint density at radius 1 is 1.57 bits per heavy atom. The van der Waals surface area contributed by atoms with E-state index in [2.05, 4.69) is 4.74 Å². The highest BCUT2D eigenvalue weighted by Crippen LogP contribution is 2.19. The van der Waals surface area contributed by atoms with Gasteiger partial charge in [0.25, 0.3) is 0 Å². The largest absolute Gasteiger partial charge is 0.452 e. The van der Waals surface area contributed by atoms with Crippen molar-refractivity contribution in [1.29, 1.82) is 0 Å². The van der Waals surface area contributed by atoms with Gasteiger partial charge in [0.1, 0.15) is 0 Å². The SMILES string of the molecule is COC(=O)NS(=O)(=O)N1CC(C)(N)C1. The van der Waals surface area contributed by atoms with Crippen molar-refractivity contribution >= 4 is 16.3 Å². The van der Waals surface area contributed by atoms with Crippen molar-refractivity contribution in [2.45, 2.75) is 12.5 Å². The van der Waals surface area contributed by atoms with Crippen LogP contribution in [0.1, 0.15) is 6.92 Å². The van der Waals surface area contributed by atoms with E-state index >= 15 is 0 Å². The van der Waals surface area contributed by atoms with Crippen LogP contribution >= 0.6 is 0 Å². The van der Waals surface area contributed by atoms with E-state index in [0.717, 1.165) is 11.4 Å². The van der Waals surface area contributed by atoms with Gasteiger partial charge in [-0.25, -0.2) is 9.52 Å². The van der Waals surface area contributed by atoms with Crippen molar-refractivity contribution < 1.29 is 17.9 Å². The van der Waals surface area contributed by atoms with Gasteiger partial charge in [-0.05, 0) is 6.92 Å². The molecule has 0 saturated carbocycles. The monoisotopic (exact) mass is 223 g/mol. The van der Waals surface area contributed by atoms with Gasteiger partial charge in [0.2, 0.25) is 0 Å². The van der Waals surface area contributed by atoms with Gasteiger partial charge in [-0.15, -0.1) is 0 Å². The predicted octanol–water partition coefficient (Wildman–Crippen LogP) is -1.38. The molecule has 0 aromatic rings. The maximum Gasteiger partial charge on any atom is 0.421 e. The van der Waals surface area contributed by atoms with Crippen LogP contribution < -0.4 is 10.5 Å². The number of methoxy groups -OCH3 is 1. The molecule has 8 heteroatoms. The van der Waals surface area contributed by atoms with Gasteiger partial charge in [0.15, 0.2) is 0 Å². The molecule has 1 aliphatic heterocycles. The number of rotatable bonds is 2. The number of amides is 1. The second-order valence-corrected chi connectivity index (χ2v) is 5.19. The van der Waals surface area contributed by atoms with Crippen molar-refractivity contribution in [3.05, 3.63) is 0 Å². The summed E-state index contributed by atoms with van der Waals surface area (Å²) in [6.07, 6.45) is -1.00. The number of nitrogens with one attached hydrogen (secondary N) is 1. The van der Waals surface area contributed by atoms with E-state index in [1.807, 2.05) is 0 Å². The number of nitrogens with zero attached hydrogens (tertiary/aromatic N) is 1. The molecule has 1 rings (SSSR count). The Labute approximate surface area is 82.4 Å². The molecule has 0 aromatic heterocycles. The summed E-state index contributed by atoms with van der Waals surface area (Å²) in [4.78, 5) is 10.7. The Bertz CT molecular complexity index is 329. The lowest BCUT2D eigenvalue weighted by molar-refractivity contribution is 0.163. The van der Waals surface area contributed by atoms with Gasteiger partial charge in [0.05, 0.1) is 7.11 Å². The number of carbonyl (C=O) groups is 1. The Hall–Kier alpha value is -0.860. The zero-order valence-corrected chi connectivity index (χ0v) is 8.80. The lowest BCUT2D eigenvalue weighted by Gasteiger charge is -2.43. The van der Waals surface area contributed by atoms with E-state index in [-0.39, 0.29) is 13.1 Å². The number of hydrogen-bond donors (Lipinski definition) is 2. The highest BCUT2D eigenvalue weighted by molar-refractivity contribution is 7.87. The molecule has 1 amide bonds. The molecular formula is C6H13N3O4S. The first kappa shape index (κ1) is 11.2. The third-order valence-corrected chi connectivity index (χ3v) is 3.18. The molecule has 7 nitrogen and oxygen atoms in total. The normalized spacial score (nSPS) is 21.1. The third-order valence-electron chi connectivity index (χ3n) is 1.81. The lowest BCUT2D eigenvalue weighted by atomic mass is 9.97. The summed E-state index contributed by atoms with van der Waals surface area (Å²) < 4.78 is 29.6. The summed E-state index contributed by atoms with van der Waals surface area (Å²) in [5.74, 6) is 0. The first-order chi connectivity index (χ1) is 6.27. The van der Waals surface area contributed by atoms with Crippen molar-refractivity contribution in [3.8, 4) is 0 Å². The minimum atomic E-state index is -3.78. The maximum atomic E-state index is 11.3. The Morgan fingerprint density at radius 3 is 2.43 bits per heavy atom. The summed E-state index contributed by atoms with van der Waals surface area (Å²) in [6.45, 7) is 2.12. The quantitative estimate of drug-likeness (QED) is 0.600. The van der Waals surface area contributed by atoms with E-state index in [4.69, 9.17) is 5.73 Å². The molecular weight excluding hydrogens is 210 g/mol. The van der Waals surface area contributed by atoms with Crippen LogP contribution in [0, 0.1) is 0 Å². The van der Waals surface area contributed by atoms with Crippen LogP contribution in [0.3, 0.4) is 0 Å². The van der Waals surface area contributed by atoms with Gasteiger partial charge in [-0.3, -0.25) is 0 Å². The maximum absolute atomic E-state index is 11.3. The number of carbonyl (C=O) groups excluding carboxylic acids is 1. The first-order valence-corrected chi connectivity index (χ1v) is 5.35. The number of nitrogens with two attached hydrogens (primary N) is 1.